The smallest absolute Gasteiger partial charge is 0.199 e. The number of piperidine rings is 1. The summed E-state index contributed by atoms with van der Waals surface area (Å²) in [6.07, 6.45) is 2.28. The molecule has 128 valence electrons. The first-order chi connectivity index (χ1) is 12.3. The highest BCUT2D eigenvalue weighted by Gasteiger charge is 2.25. The Morgan fingerprint density at radius 1 is 1.36 bits per heavy atom. The molecule has 1 aliphatic rings. The molecular formula is C20H20N2O2S. The van der Waals surface area contributed by atoms with Crippen LogP contribution >= 0.6 is 11.3 Å². The zero-order chi connectivity index (χ0) is 17.1. The second kappa shape index (κ2) is 7.40. The molecule has 2 aromatic heterocycles. The molecule has 0 radical (unpaired) electrons. The van der Waals surface area contributed by atoms with Crippen LogP contribution in [0.25, 0.3) is 11.1 Å². The zero-order valence-electron chi connectivity index (χ0n) is 13.9. The molecular weight excluding hydrogens is 332 g/mol. The van der Waals surface area contributed by atoms with Crippen molar-refractivity contribution in [3.05, 3.63) is 52.0 Å². The van der Waals surface area contributed by atoms with Crippen LogP contribution in [-0.2, 0) is 6.54 Å². The van der Waals surface area contributed by atoms with Crippen molar-refractivity contribution in [3.8, 4) is 11.8 Å². The summed E-state index contributed by atoms with van der Waals surface area (Å²) < 4.78 is 5.98. The molecule has 1 fully saturated rings. The van der Waals surface area contributed by atoms with Crippen molar-refractivity contribution in [2.45, 2.75) is 25.3 Å². The van der Waals surface area contributed by atoms with E-state index in [9.17, 15) is 0 Å². The zero-order valence-corrected chi connectivity index (χ0v) is 14.8. The maximum Gasteiger partial charge on any atom is 0.199 e. The number of rotatable bonds is 3. The van der Waals surface area contributed by atoms with Gasteiger partial charge in [0.05, 0.1) is 0 Å². The van der Waals surface area contributed by atoms with Crippen LogP contribution in [0.4, 0.5) is 0 Å². The standard InChI is InChI=1S/C20H20N2O2S/c23-10-4-5-15-11-17(25-14-15)13-22-9-3-6-16(12-22)20-21-18-7-1-2-8-19(18)24-20/h1-2,7-8,11,14,16,23H,3,6,9-10,12-13H2/t16-/m0/s1. The number of thiophene rings is 1. The molecule has 1 saturated heterocycles. The van der Waals surface area contributed by atoms with Crippen molar-refractivity contribution >= 4 is 22.4 Å². The van der Waals surface area contributed by atoms with Crippen molar-refractivity contribution in [2.75, 3.05) is 19.7 Å². The van der Waals surface area contributed by atoms with Gasteiger partial charge in [-0.25, -0.2) is 4.98 Å². The first kappa shape index (κ1) is 16.3. The lowest BCUT2D eigenvalue weighted by Crippen LogP contribution is -2.33. The molecule has 0 aliphatic carbocycles. The highest BCUT2D eigenvalue weighted by atomic mass is 32.1. The molecule has 0 unspecified atom stereocenters. The van der Waals surface area contributed by atoms with Gasteiger partial charge >= 0.3 is 0 Å². The van der Waals surface area contributed by atoms with Gasteiger partial charge in [-0.2, -0.15) is 0 Å². The maximum atomic E-state index is 8.79. The summed E-state index contributed by atoms with van der Waals surface area (Å²) in [6.45, 7) is 2.92. The third-order valence-corrected chi connectivity index (χ3v) is 5.43. The molecule has 1 N–H and O–H groups in total. The average molecular weight is 352 g/mol. The molecule has 5 heteroatoms. The number of aliphatic hydroxyl groups excluding tert-OH is 1. The quantitative estimate of drug-likeness (QED) is 0.732. The minimum atomic E-state index is -0.0938. The van der Waals surface area contributed by atoms with Crippen molar-refractivity contribution in [2.24, 2.45) is 0 Å². The predicted octanol–water partition coefficient (Wildman–Crippen LogP) is 3.61. The Hall–Kier alpha value is -2.13. The van der Waals surface area contributed by atoms with Gasteiger partial charge in [0, 0.05) is 34.8 Å². The Morgan fingerprint density at radius 2 is 2.28 bits per heavy atom. The van der Waals surface area contributed by atoms with E-state index in [0.717, 1.165) is 55.0 Å². The minimum Gasteiger partial charge on any atom is -0.440 e. The highest BCUT2D eigenvalue weighted by molar-refractivity contribution is 7.10. The lowest BCUT2D eigenvalue weighted by Gasteiger charge is -2.30. The minimum absolute atomic E-state index is 0.0938. The van der Waals surface area contributed by atoms with Crippen molar-refractivity contribution in [3.63, 3.8) is 0 Å². The highest BCUT2D eigenvalue weighted by Crippen LogP contribution is 2.30. The second-order valence-corrected chi connectivity index (χ2v) is 7.35. The predicted molar refractivity (Wildman–Crippen MR) is 99.5 cm³/mol. The van der Waals surface area contributed by atoms with Crippen molar-refractivity contribution in [1.82, 2.24) is 9.88 Å². The molecule has 3 aromatic rings. The van der Waals surface area contributed by atoms with Crippen LogP contribution in [0, 0.1) is 11.8 Å². The summed E-state index contributed by atoms with van der Waals surface area (Å²) in [5, 5.41) is 10.8. The van der Waals surface area contributed by atoms with Crippen molar-refractivity contribution < 1.29 is 9.52 Å². The van der Waals surface area contributed by atoms with Gasteiger partial charge < -0.3 is 9.52 Å². The molecule has 0 bridgehead atoms. The van der Waals surface area contributed by atoms with E-state index < -0.39 is 0 Å². The normalized spacial score (nSPS) is 18.2. The van der Waals surface area contributed by atoms with Gasteiger partial charge in [0.15, 0.2) is 11.5 Å². The monoisotopic (exact) mass is 352 g/mol. The fraction of sp³-hybridized carbons (Fsp3) is 0.350. The SMILES string of the molecule is OCC#Cc1csc(CN2CCC[C@H](c3nc4ccccc4o3)C2)c1. The molecule has 1 aromatic carbocycles. The van der Waals surface area contributed by atoms with Gasteiger partial charge in [-0.1, -0.05) is 24.0 Å². The van der Waals surface area contributed by atoms with E-state index in [1.54, 1.807) is 11.3 Å². The average Bonchev–Trinajstić information content (AvgIpc) is 3.27. The maximum absolute atomic E-state index is 8.79. The van der Waals surface area contributed by atoms with E-state index in [1.807, 2.05) is 24.3 Å². The number of likely N-dealkylation sites (tertiary alicyclic amines) is 1. The Bertz CT molecular complexity index is 885. The van der Waals surface area contributed by atoms with Crippen LogP contribution in [0.3, 0.4) is 0 Å². The summed E-state index contributed by atoms with van der Waals surface area (Å²) in [7, 11) is 0. The number of oxazole rings is 1. The molecule has 1 aliphatic heterocycles. The Balaban J connectivity index is 1.44. The van der Waals surface area contributed by atoms with Crippen LogP contribution < -0.4 is 0 Å². The van der Waals surface area contributed by atoms with Gasteiger partial charge in [0.1, 0.15) is 12.1 Å². The number of hydrogen-bond acceptors (Lipinski definition) is 5. The van der Waals surface area contributed by atoms with Gasteiger partial charge in [0.2, 0.25) is 0 Å². The lowest BCUT2D eigenvalue weighted by molar-refractivity contribution is 0.188. The third kappa shape index (κ3) is 3.77. The van der Waals surface area contributed by atoms with Gasteiger partial charge in [-0.3, -0.25) is 4.90 Å². The van der Waals surface area contributed by atoms with E-state index >= 15 is 0 Å². The second-order valence-electron chi connectivity index (χ2n) is 6.36. The molecule has 0 saturated carbocycles. The van der Waals surface area contributed by atoms with Crippen LogP contribution in [0.2, 0.25) is 0 Å². The summed E-state index contributed by atoms with van der Waals surface area (Å²) >= 11 is 1.73. The number of nitrogens with zero attached hydrogens (tertiary/aromatic N) is 2. The molecule has 25 heavy (non-hydrogen) atoms. The van der Waals surface area contributed by atoms with Gasteiger partial charge in [-0.05, 0) is 37.6 Å². The molecule has 4 nitrogen and oxygen atoms in total. The molecule has 0 spiro atoms. The number of aromatic nitrogens is 1. The topological polar surface area (TPSA) is 49.5 Å². The van der Waals surface area contributed by atoms with Gasteiger partial charge in [-0.15, -0.1) is 11.3 Å². The van der Waals surface area contributed by atoms with Crippen LogP contribution in [0.15, 0.2) is 40.1 Å². The fourth-order valence-electron chi connectivity index (χ4n) is 3.36. The Labute approximate surface area is 151 Å². The van der Waals surface area contributed by atoms with Crippen LogP contribution in [0.5, 0.6) is 0 Å². The first-order valence-corrected chi connectivity index (χ1v) is 9.45. The Kier molecular flexibility index (Phi) is 4.84. The lowest BCUT2D eigenvalue weighted by atomic mass is 9.98. The van der Waals surface area contributed by atoms with E-state index in [2.05, 4.69) is 33.2 Å². The molecule has 3 heterocycles. The van der Waals surface area contributed by atoms with Crippen LogP contribution in [-0.4, -0.2) is 34.7 Å². The number of benzene rings is 1. The largest absolute Gasteiger partial charge is 0.440 e. The summed E-state index contributed by atoms with van der Waals surface area (Å²) in [5.41, 5.74) is 2.81. The number of aliphatic hydroxyl groups is 1. The molecule has 0 amide bonds. The third-order valence-electron chi connectivity index (χ3n) is 4.51. The van der Waals surface area contributed by atoms with Crippen molar-refractivity contribution in [1.29, 1.82) is 0 Å². The molecule has 1 atom stereocenters. The first-order valence-electron chi connectivity index (χ1n) is 8.57. The van der Waals surface area contributed by atoms with Crippen LogP contribution in [0.1, 0.15) is 35.1 Å². The van der Waals surface area contributed by atoms with Gasteiger partial charge in [0.25, 0.3) is 0 Å². The summed E-state index contributed by atoms with van der Waals surface area (Å²) in [5.74, 6) is 6.89. The summed E-state index contributed by atoms with van der Waals surface area (Å²) in [6, 6.07) is 10.1. The van der Waals surface area contributed by atoms with E-state index in [1.165, 1.54) is 4.88 Å². The van der Waals surface area contributed by atoms with E-state index in [-0.39, 0.29) is 6.61 Å². The fourth-order valence-corrected chi connectivity index (χ4v) is 4.21. The van der Waals surface area contributed by atoms with E-state index in [0.29, 0.717) is 5.92 Å². The Morgan fingerprint density at radius 3 is 3.16 bits per heavy atom. The number of fused-ring (bicyclic) bond motifs is 1. The molecule has 4 rings (SSSR count). The number of para-hydroxylation sites is 2. The summed E-state index contributed by atoms with van der Waals surface area (Å²) in [4.78, 5) is 8.46. The van der Waals surface area contributed by atoms with E-state index in [4.69, 9.17) is 9.52 Å². The number of hydrogen-bond donors (Lipinski definition) is 1.